The van der Waals surface area contributed by atoms with E-state index in [0.717, 1.165) is 11.1 Å². The van der Waals surface area contributed by atoms with Crippen molar-refractivity contribution in [3.8, 4) is 0 Å². The summed E-state index contributed by atoms with van der Waals surface area (Å²) in [5.41, 5.74) is 6.63. The molecule has 1 aromatic carbocycles. The van der Waals surface area contributed by atoms with Gasteiger partial charge in [-0.25, -0.2) is 4.79 Å². The molecule has 4 N–H and O–H groups in total. The minimum Gasteiger partial charge on any atom is -0.352 e. The predicted octanol–water partition coefficient (Wildman–Crippen LogP) is 1.84. The quantitative estimate of drug-likeness (QED) is 0.738. The van der Waals surface area contributed by atoms with Crippen LogP contribution in [0.3, 0.4) is 0 Å². The average molecular weight is 325 g/mol. The van der Waals surface area contributed by atoms with Crippen LogP contribution < -0.4 is 16.4 Å². The lowest BCUT2D eigenvalue weighted by molar-refractivity contribution is -0.120. The molecule has 0 atom stereocenters. The van der Waals surface area contributed by atoms with Gasteiger partial charge in [0.2, 0.25) is 0 Å². The van der Waals surface area contributed by atoms with Gasteiger partial charge in [-0.3, -0.25) is 4.79 Å². The first kappa shape index (κ1) is 15.9. The van der Waals surface area contributed by atoms with Crippen LogP contribution >= 0.6 is 34.8 Å². The van der Waals surface area contributed by atoms with Crippen LogP contribution in [-0.2, 0) is 17.9 Å². The Morgan fingerprint density at radius 2 is 1.63 bits per heavy atom. The molecule has 0 saturated carbocycles. The van der Waals surface area contributed by atoms with Gasteiger partial charge in [-0.2, -0.15) is 0 Å². The van der Waals surface area contributed by atoms with Crippen molar-refractivity contribution in [1.29, 1.82) is 0 Å². The smallest absolute Gasteiger partial charge is 0.312 e. The maximum atomic E-state index is 11.4. The molecule has 0 aliphatic heterocycles. The molecule has 0 aromatic heterocycles. The summed E-state index contributed by atoms with van der Waals surface area (Å²) in [5.74, 6) is -0.696. The van der Waals surface area contributed by atoms with Crippen LogP contribution in [0.15, 0.2) is 24.3 Å². The second-order valence-corrected chi connectivity index (χ2v) is 6.00. The van der Waals surface area contributed by atoms with E-state index in [1.54, 1.807) is 18.2 Å². The predicted molar refractivity (Wildman–Crippen MR) is 75.0 cm³/mol. The molecule has 8 heteroatoms. The van der Waals surface area contributed by atoms with Gasteiger partial charge in [0.05, 0.1) is 0 Å². The van der Waals surface area contributed by atoms with E-state index in [0.29, 0.717) is 6.54 Å². The molecule has 19 heavy (non-hydrogen) atoms. The van der Waals surface area contributed by atoms with Gasteiger partial charge in [-0.15, -0.1) is 0 Å². The van der Waals surface area contributed by atoms with Crippen molar-refractivity contribution in [2.24, 2.45) is 5.73 Å². The van der Waals surface area contributed by atoms with Crippen molar-refractivity contribution in [3.63, 3.8) is 0 Å². The average Bonchev–Trinajstić information content (AvgIpc) is 2.32. The maximum absolute atomic E-state index is 11.4. The molecule has 1 rings (SSSR count). The van der Waals surface area contributed by atoms with E-state index in [-0.39, 0.29) is 6.54 Å². The summed E-state index contributed by atoms with van der Waals surface area (Å²) < 4.78 is -1.98. The molecule has 5 nitrogen and oxygen atoms in total. The number of nitrogens with two attached hydrogens (primary N) is 1. The van der Waals surface area contributed by atoms with Gasteiger partial charge in [-0.05, 0) is 11.1 Å². The van der Waals surface area contributed by atoms with E-state index in [4.69, 9.17) is 40.5 Å². The van der Waals surface area contributed by atoms with Crippen molar-refractivity contribution < 1.29 is 9.59 Å². The number of urea groups is 1. The number of nitrogens with one attached hydrogen (secondary N) is 2. The van der Waals surface area contributed by atoms with E-state index in [2.05, 4.69) is 10.6 Å². The third-order valence-electron chi connectivity index (χ3n) is 2.17. The molecule has 104 valence electrons. The Labute approximate surface area is 125 Å². The van der Waals surface area contributed by atoms with Gasteiger partial charge in [0.25, 0.3) is 9.70 Å². The van der Waals surface area contributed by atoms with Crippen LogP contribution in [0.2, 0.25) is 0 Å². The molecule has 0 fully saturated rings. The number of benzene rings is 1. The van der Waals surface area contributed by atoms with Crippen LogP contribution in [0.1, 0.15) is 11.1 Å². The zero-order valence-corrected chi connectivity index (χ0v) is 12.0. The summed E-state index contributed by atoms with van der Waals surface area (Å²) in [6.45, 7) is 0.527. The van der Waals surface area contributed by atoms with Crippen molar-refractivity contribution in [2.75, 3.05) is 0 Å². The minimum atomic E-state index is -1.98. The lowest BCUT2D eigenvalue weighted by atomic mass is 10.1. The number of hydrogen-bond acceptors (Lipinski definition) is 2. The van der Waals surface area contributed by atoms with Crippen LogP contribution in [0.5, 0.6) is 0 Å². The SMILES string of the molecule is NC(=O)NCc1cccc(CNC(=O)C(Cl)(Cl)Cl)c1. The van der Waals surface area contributed by atoms with Crippen LogP contribution in [0.4, 0.5) is 4.79 Å². The lowest BCUT2D eigenvalue weighted by Gasteiger charge is -2.12. The molecule has 0 aliphatic rings. The molecule has 0 saturated heterocycles. The van der Waals surface area contributed by atoms with Crippen LogP contribution in [-0.4, -0.2) is 15.7 Å². The Hall–Kier alpha value is -1.17. The summed E-state index contributed by atoms with van der Waals surface area (Å²) in [7, 11) is 0. The maximum Gasteiger partial charge on any atom is 0.312 e. The van der Waals surface area contributed by atoms with Gasteiger partial charge in [0, 0.05) is 13.1 Å². The molecule has 0 spiro atoms. The van der Waals surface area contributed by atoms with E-state index in [1.165, 1.54) is 0 Å². The van der Waals surface area contributed by atoms with Gasteiger partial charge in [0.1, 0.15) is 0 Å². The fourth-order valence-corrected chi connectivity index (χ4v) is 1.52. The van der Waals surface area contributed by atoms with Gasteiger partial charge >= 0.3 is 6.03 Å². The van der Waals surface area contributed by atoms with Crippen molar-refractivity contribution >= 4 is 46.7 Å². The van der Waals surface area contributed by atoms with Gasteiger partial charge < -0.3 is 16.4 Å². The molecular formula is C11H12Cl3N3O2. The number of hydrogen-bond donors (Lipinski definition) is 3. The number of amides is 3. The number of halogens is 3. The largest absolute Gasteiger partial charge is 0.352 e. The third kappa shape index (κ3) is 6.00. The topological polar surface area (TPSA) is 84.2 Å². The Morgan fingerprint density at radius 3 is 2.11 bits per heavy atom. The lowest BCUT2D eigenvalue weighted by Crippen LogP contribution is -2.34. The van der Waals surface area contributed by atoms with Crippen LogP contribution in [0, 0.1) is 0 Å². The highest BCUT2D eigenvalue weighted by atomic mass is 35.6. The standard InChI is InChI=1S/C11H12Cl3N3O2/c12-11(13,14)9(18)16-5-7-2-1-3-8(4-7)6-17-10(15)19/h1-4H,5-6H2,(H,16,18)(H3,15,17,19). The molecular weight excluding hydrogens is 312 g/mol. The molecule has 0 aliphatic carbocycles. The summed E-state index contributed by atoms with van der Waals surface area (Å²) >= 11 is 16.3. The Kier molecular flexibility index (Phi) is 5.72. The number of alkyl halides is 3. The van der Waals surface area contributed by atoms with Crippen molar-refractivity contribution in [3.05, 3.63) is 35.4 Å². The second-order valence-electron chi connectivity index (χ2n) is 3.72. The molecule has 1 aromatic rings. The highest BCUT2D eigenvalue weighted by Crippen LogP contribution is 2.25. The van der Waals surface area contributed by atoms with Crippen LogP contribution in [0.25, 0.3) is 0 Å². The molecule has 0 heterocycles. The van der Waals surface area contributed by atoms with E-state index in [9.17, 15) is 9.59 Å². The first-order valence-corrected chi connectivity index (χ1v) is 6.38. The van der Waals surface area contributed by atoms with E-state index in [1.807, 2.05) is 6.07 Å². The summed E-state index contributed by atoms with van der Waals surface area (Å²) in [5, 5.41) is 4.95. The second kappa shape index (κ2) is 6.84. The highest BCUT2D eigenvalue weighted by molar-refractivity contribution is 6.76. The molecule has 3 amide bonds. The molecule has 0 bridgehead atoms. The number of primary amides is 1. The molecule has 0 radical (unpaired) electrons. The fourth-order valence-electron chi connectivity index (χ4n) is 1.32. The third-order valence-corrected chi connectivity index (χ3v) is 2.68. The zero-order valence-electron chi connectivity index (χ0n) is 9.75. The number of carbonyl (C=O) groups excluding carboxylic acids is 2. The Balaban J connectivity index is 2.57. The van der Waals surface area contributed by atoms with E-state index >= 15 is 0 Å². The summed E-state index contributed by atoms with van der Waals surface area (Å²) in [6, 6.07) is 6.60. The van der Waals surface area contributed by atoms with Gasteiger partial charge in [-0.1, -0.05) is 59.1 Å². The first-order chi connectivity index (χ1) is 8.79. The van der Waals surface area contributed by atoms with Crippen molar-refractivity contribution in [1.82, 2.24) is 10.6 Å². The van der Waals surface area contributed by atoms with E-state index < -0.39 is 15.7 Å². The van der Waals surface area contributed by atoms with Gasteiger partial charge in [0.15, 0.2) is 0 Å². The summed E-state index contributed by atoms with van der Waals surface area (Å²) in [6.07, 6.45) is 0. The molecule has 0 unspecified atom stereocenters. The zero-order chi connectivity index (χ0) is 14.5. The number of carbonyl (C=O) groups is 2. The Morgan fingerprint density at radius 1 is 1.11 bits per heavy atom. The Bertz CT molecular complexity index is 474. The minimum absolute atomic E-state index is 0.219. The normalized spacial score (nSPS) is 10.9. The van der Waals surface area contributed by atoms with Crippen molar-refractivity contribution in [2.45, 2.75) is 16.9 Å². The first-order valence-electron chi connectivity index (χ1n) is 5.25. The number of rotatable bonds is 4. The summed E-state index contributed by atoms with van der Waals surface area (Å²) in [4.78, 5) is 22.0. The monoisotopic (exact) mass is 323 g/mol. The fraction of sp³-hybridized carbons (Fsp3) is 0.273. The highest BCUT2D eigenvalue weighted by Gasteiger charge is 2.29.